The van der Waals surface area contributed by atoms with Crippen LogP contribution in [0.3, 0.4) is 0 Å². The number of hydrogen-bond donors (Lipinski definition) is 0. The Kier molecular flexibility index (Phi) is 11.6. The van der Waals surface area contributed by atoms with Crippen molar-refractivity contribution in [3.05, 3.63) is 36.9 Å². The van der Waals surface area contributed by atoms with Gasteiger partial charge in [0.1, 0.15) is 12.7 Å². The first-order valence-corrected chi connectivity index (χ1v) is 6.61. The minimum absolute atomic E-state index is 0.0742. The van der Waals surface area contributed by atoms with Crippen molar-refractivity contribution in [2.24, 2.45) is 0 Å². The predicted molar refractivity (Wildman–Crippen MR) is 81.7 cm³/mol. The van der Waals surface area contributed by atoms with Crippen molar-refractivity contribution in [2.75, 3.05) is 34.5 Å². The lowest BCUT2D eigenvalue weighted by Crippen LogP contribution is -2.25. The van der Waals surface area contributed by atoms with Crippen molar-refractivity contribution in [2.45, 2.75) is 19.4 Å². The molecule has 0 saturated carbocycles. The molecule has 0 spiro atoms. The van der Waals surface area contributed by atoms with E-state index in [2.05, 4.69) is 13.5 Å². The quantitative estimate of drug-likeness (QED) is 0.685. The molecule has 0 radical (unpaired) electrons. The molecule has 4 heteroatoms. The summed E-state index contributed by atoms with van der Waals surface area (Å²) >= 11 is 0. The first kappa shape index (κ1) is 18.5. The molecular formula is C16H26O4. The minimum Gasteiger partial charge on any atom is -0.493 e. The molecule has 0 heterocycles. The van der Waals surface area contributed by atoms with Gasteiger partial charge in [0.05, 0.1) is 13.7 Å². The Labute approximate surface area is 122 Å². The van der Waals surface area contributed by atoms with Gasteiger partial charge in [-0.25, -0.2) is 0 Å². The molecule has 0 amide bonds. The molecule has 1 aromatic rings. The van der Waals surface area contributed by atoms with E-state index in [1.54, 1.807) is 21.3 Å². The largest absolute Gasteiger partial charge is 0.493 e. The molecule has 1 aromatic carbocycles. The van der Waals surface area contributed by atoms with Crippen molar-refractivity contribution in [1.82, 2.24) is 0 Å². The van der Waals surface area contributed by atoms with E-state index in [-0.39, 0.29) is 6.10 Å². The lowest BCUT2D eigenvalue weighted by Gasteiger charge is -2.16. The van der Waals surface area contributed by atoms with Crippen LogP contribution in [-0.2, 0) is 9.47 Å². The normalized spacial score (nSPS) is 11.0. The average Bonchev–Trinajstić information content (AvgIpc) is 2.51. The highest BCUT2D eigenvalue weighted by atomic mass is 16.6. The first-order chi connectivity index (χ1) is 9.73. The Bertz CT molecular complexity index is 352. The molecule has 0 N–H and O–H groups in total. The van der Waals surface area contributed by atoms with Crippen molar-refractivity contribution < 1.29 is 18.9 Å². The molecule has 4 nitrogen and oxygen atoms in total. The highest BCUT2D eigenvalue weighted by Crippen LogP contribution is 2.25. The second kappa shape index (κ2) is 12.5. The summed E-state index contributed by atoms with van der Waals surface area (Å²) < 4.78 is 21.0. The second-order valence-corrected chi connectivity index (χ2v) is 3.97. The SMILES string of the molecule is C=CCC.COCC(COc1ccccc1OC)OC. The van der Waals surface area contributed by atoms with Crippen molar-refractivity contribution in [3.8, 4) is 11.5 Å². The van der Waals surface area contributed by atoms with Crippen LogP contribution in [0, 0.1) is 0 Å². The summed E-state index contributed by atoms with van der Waals surface area (Å²) in [5, 5.41) is 0. The zero-order chi connectivity index (χ0) is 15.2. The fourth-order valence-corrected chi connectivity index (χ4v) is 1.29. The molecule has 0 aromatic heterocycles. The van der Waals surface area contributed by atoms with Crippen LogP contribution in [0.1, 0.15) is 13.3 Å². The van der Waals surface area contributed by atoms with Crippen LogP contribution in [0.5, 0.6) is 11.5 Å². The highest BCUT2D eigenvalue weighted by molar-refractivity contribution is 5.39. The van der Waals surface area contributed by atoms with Crippen LogP contribution in [0.2, 0.25) is 0 Å². The molecule has 0 bridgehead atoms. The monoisotopic (exact) mass is 282 g/mol. The standard InChI is InChI=1S/C12H18O4.C4H8/c1-13-8-10(14-2)9-16-12-7-5-4-6-11(12)15-3;1-3-4-2/h4-7,10H,8-9H2,1-3H3;3H,1,4H2,2H3. The summed E-state index contributed by atoms with van der Waals surface area (Å²) in [6, 6.07) is 7.51. The summed E-state index contributed by atoms with van der Waals surface area (Å²) in [6.45, 7) is 6.48. The van der Waals surface area contributed by atoms with Crippen molar-refractivity contribution in [1.29, 1.82) is 0 Å². The molecule has 0 saturated heterocycles. The molecule has 0 aliphatic carbocycles. The maximum absolute atomic E-state index is 5.60. The summed E-state index contributed by atoms with van der Waals surface area (Å²) in [4.78, 5) is 0. The average molecular weight is 282 g/mol. The van der Waals surface area contributed by atoms with E-state index in [4.69, 9.17) is 18.9 Å². The van der Waals surface area contributed by atoms with Gasteiger partial charge in [0, 0.05) is 14.2 Å². The molecule has 1 atom stereocenters. The molecule has 1 unspecified atom stereocenters. The number of rotatable bonds is 8. The van der Waals surface area contributed by atoms with Crippen LogP contribution in [0.25, 0.3) is 0 Å². The third kappa shape index (κ3) is 7.81. The molecule has 1 rings (SSSR count). The lowest BCUT2D eigenvalue weighted by atomic mass is 10.3. The first-order valence-electron chi connectivity index (χ1n) is 6.61. The smallest absolute Gasteiger partial charge is 0.161 e. The van der Waals surface area contributed by atoms with Gasteiger partial charge in [-0.2, -0.15) is 0 Å². The van der Waals surface area contributed by atoms with Gasteiger partial charge < -0.3 is 18.9 Å². The van der Waals surface area contributed by atoms with Gasteiger partial charge in [-0.1, -0.05) is 25.1 Å². The fourth-order valence-electron chi connectivity index (χ4n) is 1.29. The molecule has 0 fully saturated rings. The Hall–Kier alpha value is -1.52. The maximum atomic E-state index is 5.60. The highest BCUT2D eigenvalue weighted by Gasteiger charge is 2.09. The van der Waals surface area contributed by atoms with Gasteiger partial charge >= 0.3 is 0 Å². The third-order valence-corrected chi connectivity index (χ3v) is 2.47. The number of benzene rings is 1. The van der Waals surface area contributed by atoms with Gasteiger partial charge in [-0.05, 0) is 18.6 Å². The van der Waals surface area contributed by atoms with Crippen LogP contribution < -0.4 is 9.47 Å². The Morgan fingerprint density at radius 2 is 1.70 bits per heavy atom. The van der Waals surface area contributed by atoms with E-state index in [0.29, 0.717) is 19.0 Å². The van der Waals surface area contributed by atoms with E-state index in [0.717, 1.165) is 12.2 Å². The zero-order valence-corrected chi connectivity index (χ0v) is 12.9. The Balaban J connectivity index is 0.000000796. The summed E-state index contributed by atoms with van der Waals surface area (Å²) in [6.07, 6.45) is 2.88. The van der Waals surface area contributed by atoms with Crippen LogP contribution in [-0.4, -0.2) is 40.6 Å². The number of methoxy groups -OCH3 is 3. The molecule has 20 heavy (non-hydrogen) atoms. The van der Waals surface area contributed by atoms with Gasteiger partial charge in [-0.15, -0.1) is 6.58 Å². The summed E-state index contributed by atoms with van der Waals surface area (Å²) in [5.41, 5.74) is 0. The Morgan fingerprint density at radius 1 is 1.10 bits per heavy atom. The van der Waals surface area contributed by atoms with E-state index in [1.807, 2.05) is 30.3 Å². The van der Waals surface area contributed by atoms with Crippen LogP contribution in [0.4, 0.5) is 0 Å². The predicted octanol–water partition coefficient (Wildman–Crippen LogP) is 3.32. The van der Waals surface area contributed by atoms with Gasteiger partial charge in [0.25, 0.3) is 0 Å². The van der Waals surface area contributed by atoms with Crippen LogP contribution in [0.15, 0.2) is 36.9 Å². The van der Waals surface area contributed by atoms with Crippen molar-refractivity contribution in [3.63, 3.8) is 0 Å². The minimum atomic E-state index is -0.0742. The van der Waals surface area contributed by atoms with Gasteiger partial charge in [0.2, 0.25) is 0 Å². The van der Waals surface area contributed by atoms with Gasteiger partial charge in [-0.3, -0.25) is 0 Å². The van der Waals surface area contributed by atoms with E-state index in [1.165, 1.54) is 0 Å². The maximum Gasteiger partial charge on any atom is 0.161 e. The molecular weight excluding hydrogens is 256 g/mol. The van der Waals surface area contributed by atoms with Gasteiger partial charge in [0.15, 0.2) is 11.5 Å². The lowest BCUT2D eigenvalue weighted by molar-refractivity contribution is 0.000421. The number of hydrogen-bond acceptors (Lipinski definition) is 4. The van der Waals surface area contributed by atoms with E-state index >= 15 is 0 Å². The third-order valence-electron chi connectivity index (χ3n) is 2.47. The number of allylic oxidation sites excluding steroid dienone is 1. The van der Waals surface area contributed by atoms with Crippen molar-refractivity contribution >= 4 is 0 Å². The molecule has 0 aliphatic rings. The van der Waals surface area contributed by atoms with E-state index < -0.39 is 0 Å². The fraction of sp³-hybridized carbons (Fsp3) is 0.500. The summed E-state index contributed by atoms with van der Waals surface area (Å²) in [7, 11) is 4.88. The topological polar surface area (TPSA) is 36.9 Å². The van der Waals surface area contributed by atoms with Crippen LogP contribution >= 0.6 is 0 Å². The Morgan fingerprint density at radius 3 is 2.15 bits per heavy atom. The molecule has 114 valence electrons. The van der Waals surface area contributed by atoms with E-state index in [9.17, 15) is 0 Å². The molecule has 0 aliphatic heterocycles. The number of para-hydroxylation sites is 2. The summed E-state index contributed by atoms with van der Waals surface area (Å²) in [5.74, 6) is 1.43. The second-order valence-electron chi connectivity index (χ2n) is 3.97. The number of ether oxygens (including phenoxy) is 4. The zero-order valence-electron chi connectivity index (χ0n) is 12.9.